The van der Waals surface area contributed by atoms with Crippen molar-refractivity contribution in [1.29, 1.82) is 0 Å². The van der Waals surface area contributed by atoms with Gasteiger partial charge in [-0.25, -0.2) is 0 Å². The fourth-order valence-electron chi connectivity index (χ4n) is 3.22. The lowest BCUT2D eigenvalue weighted by Gasteiger charge is -2.28. The van der Waals surface area contributed by atoms with E-state index in [0.717, 1.165) is 25.0 Å². The zero-order valence-electron chi connectivity index (χ0n) is 12.4. The van der Waals surface area contributed by atoms with Crippen molar-refractivity contribution in [1.82, 2.24) is 10.2 Å². The van der Waals surface area contributed by atoms with Crippen LogP contribution in [-0.2, 0) is 16.0 Å². The molecule has 0 spiro atoms. The Morgan fingerprint density at radius 2 is 2.10 bits per heavy atom. The lowest BCUT2D eigenvalue weighted by atomic mass is 9.87. The number of rotatable bonds is 3. The molecule has 112 valence electrons. The van der Waals surface area contributed by atoms with E-state index < -0.39 is 0 Å². The topological polar surface area (TPSA) is 58.6 Å². The van der Waals surface area contributed by atoms with E-state index in [-0.39, 0.29) is 30.3 Å². The highest BCUT2D eigenvalue weighted by Crippen LogP contribution is 2.33. The average molecular weight is 288 g/mol. The molecular formula is C16H20N2O3. The Morgan fingerprint density at radius 1 is 1.29 bits per heavy atom. The third-order valence-corrected chi connectivity index (χ3v) is 4.45. The molecule has 1 aliphatic heterocycles. The molecule has 2 amide bonds. The van der Waals surface area contributed by atoms with Gasteiger partial charge in [0.15, 0.2) is 0 Å². The zero-order valence-corrected chi connectivity index (χ0v) is 12.4. The Morgan fingerprint density at radius 3 is 2.76 bits per heavy atom. The van der Waals surface area contributed by atoms with Gasteiger partial charge in [0, 0.05) is 13.1 Å². The molecule has 5 heteroatoms. The number of nitrogens with zero attached hydrogens (tertiary/aromatic N) is 1. The van der Waals surface area contributed by atoms with Gasteiger partial charge in [-0.3, -0.25) is 19.8 Å². The van der Waals surface area contributed by atoms with Crippen LogP contribution in [0.1, 0.15) is 36.4 Å². The molecule has 0 aromatic heterocycles. The predicted octanol–water partition coefficient (Wildman–Crippen LogP) is 1.42. The molecule has 0 bridgehead atoms. The molecule has 21 heavy (non-hydrogen) atoms. The minimum Gasteiger partial charge on any atom is -0.497 e. The molecule has 1 aromatic rings. The Bertz CT molecular complexity index is 585. The van der Waals surface area contributed by atoms with Crippen molar-refractivity contribution in [3.8, 4) is 5.75 Å². The van der Waals surface area contributed by atoms with Gasteiger partial charge in [-0.05, 0) is 42.5 Å². The highest BCUT2D eigenvalue weighted by molar-refractivity contribution is 6.05. The van der Waals surface area contributed by atoms with Crippen LogP contribution in [0.4, 0.5) is 0 Å². The fourth-order valence-corrected chi connectivity index (χ4v) is 3.22. The van der Waals surface area contributed by atoms with Crippen LogP contribution in [0.5, 0.6) is 5.75 Å². The van der Waals surface area contributed by atoms with Gasteiger partial charge in [0.1, 0.15) is 5.75 Å². The maximum Gasteiger partial charge on any atom is 0.246 e. The van der Waals surface area contributed by atoms with E-state index in [2.05, 4.69) is 17.4 Å². The third kappa shape index (κ3) is 2.53. The van der Waals surface area contributed by atoms with E-state index in [0.29, 0.717) is 0 Å². The SMILES string of the molecule is COc1ccc2c(c1)CCCC2NC1CC(=O)N(C)C1=O. The number of hydrogen-bond acceptors (Lipinski definition) is 4. The molecule has 1 fully saturated rings. The molecule has 1 N–H and O–H groups in total. The number of carbonyl (C=O) groups excluding carboxylic acids is 2. The van der Waals surface area contributed by atoms with Crippen molar-refractivity contribution >= 4 is 11.8 Å². The lowest BCUT2D eigenvalue weighted by molar-refractivity contribution is -0.137. The summed E-state index contributed by atoms with van der Waals surface area (Å²) in [6, 6.07) is 5.83. The first kappa shape index (κ1) is 14.1. The number of aryl methyl sites for hydroxylation is 1. The summed E-state index contributed by atoms with van der Waals surface area (Å²) in [6.45, 7) is 0. The highest BCUT2D eigenvalue weighted by Gasteiger charge is 2.37. The first-order chi connectivity index (χ1) is 10.1. The lowest BCUT2D eigenvalue weighted by Crippen LogP contribution is -2.40. The van der Waals surface area contributed by atoms with Gasteiger partial charge in [0.2, 0.25) is 11.8 Å². The molecule has 2 aliphatic rings. The van der Waals surface area contributed by atoms with E-state index in [1.807, 2.05) is 6.07 Å². The number of imide groups is 1. The maximum atomic E-state index is 12.0. The number of carbonyl (C=O) groups is 2. The van der Waals surface area contributed by atoms with E-state index in [1.54, 1.807) is 14.2 Å². The molecule has 1 aliphatic carbocycles. The van der Waals surface area contributed by atoms with E-state index >= 15 is 0 Å². The van der Waals surface area contributed by atoms with Crippen LogP contribution in [-0.4, -0.2) is 36.9 Å². The van der Waals surface area contributed by atoms with Crippen LogP contribution in [0.3, 0.4) is 0 Å². The second kappa shape index (κ2) is 5.48. The van der Waals surface area contributed by atoms with Crippen molar-refractivity contribution in [2.45, 2.75) is 37.8 Å². The number of hydrogen-bond donors (Lipinski definition) is 1. The van der Waals surface area contributed by atoms with Crippen molar-refractivity contribution in [3.63, 3.8) is 0 Å². The van der Waals surface area contributed by atoms with Crippen molar-refractivity contribution in [2.75, 3.05) is 14.2 Å². The van der Waals surface area contributed by atoms with Crippen molar-refractivity contribution in [3.05, 3.63) is 29.3 Å². The zero-order chi connectivity index (χ0) is 15.0. The molecule has 2 unspecified atom stereocenters. The quantitative estimate of drug-likeness (QED) is 0.855. The van der Waals surface area contributed by atoms with Gasteiger partial charge in [0.05, 0.1) is 19.6 Å². The number of methoxy groups -OCH3 is 1. The smallest absolute Gasteiger partial charge is 0.246 e. The number of nitrogens with one attached hydrogen (secondary N) is 1. The summed E-state index contributed by atoms with van der Waals surface area (Å²) in [5.74, 6) is 0.630. The molecule has 2 atom stereocenters. The molecular weight excluding hydrogens is 268 g/mol. The Hall–Kier alpha value is -1.88. The highest BCUT2D eigenvalue weighted by atomic mass is 16.5. The number of benzene rings is 1. The van der Waals surface area contributed by atoms with Gasteiger partial charge < -0.3 is 4.74 Å². The van der Waals surface area contributed by atoms with Gasteiger partial charge in [-0.2, -0.15) is 0 Å². The monoisotopic (exact) mass is 288 g/mol. The number of likely N-dealkylation sites (tertiary alicyclic amines) is 1. The standard InChI is InChI=1S/C16H20N2O3/c1-18-15(19)9-14(16(18)20)17-13-5-3-4-10-8-11(21-2)6-7-12(10)13/h6-8,13-14,17H,3-5,9H2,1-2H3. The Labute approximate surface area is 124 Å². The van der Waals surface area contributed by atoms with Crippen molar-refractivity contribution < 1.29 is 14.3 Å². The summed E-state index contributed by atoms with van der Waals surface area (Å²) < 4.78 is 5.27. The predicted molar refractivity (Wildman–Crippen MR) is 78.0 cm³/mol. The molecule has 3 rings (SSSR count). The van der Waals surface area contributed by atoms with Gasteiger partial charge in [-0.15, -0.1) is 0 Å². The third-order valence-electron chi connectivity index (χ3n) is 4.45. The number of fused-ring (bicyclic) bond motifs is 1. The summed E-state index contributed by atoms with van der Waals surface area (Å²) in [5, 5.41) is 3.37. The summed E-state index contributed by atoms with van der Waals surface area (Å²) in [4.78, 5) is 24.9. The van der Waals surface area contributed by atoms with Gasteiger partial charge in [-0.1, -0.05) is 6.07 Å². The molecule has 5 nitrogen and oxygen atoms in total. The molecule has 0 radical (unpaired) electrons. The van der Waals surface area contributed by atoms with E-state index in [1.165, 1.54) is 16.0 Å². The number of ether oxygens (including phenoxy) is 1. The van der Waals surface area contributed by atoms with Crippen molar-refractivity contribution in [2.24, 2.45) is 0 Å². The van der Waals surface area contributed by atoms with Crippen LogP contribution in [0.2, 0.25) is 0 Å². The second-order valence-electron chi connectivity index (χ2n) is 5.72. The Kier molecular flexibility index (Phi) is 3.68. The van der Waals surface area contributed by atoms with Gasteiger partial charge >= 0.3 is 0 Å². The van der Waals surface area contributed by atoms with Crippen LogP contribution in [0.25, 0.3) is 0 Å². The summed E-state index contributed by atoms with van der Waals surface area (Å²) in [7, 11) is 3.21. The van der Waals surface area contributed by atoms with E-state index in [4.69, 9.17) is 4.74 Å². The van der Waals surface area contributed by atoms with Crippen LogP contribution in [0.15, 0.2) is 18.2 Å². The summed E-state index contributed by atoms with van der Waals surface area (Å²) >= 11 is 0. The summed E-state index contributed by atoms with van der Waals surface area (Å²) in [6.07, 6.45) is 3.35. The van der Waals surface area contributed by atoms with Crippen LogP contribution >= 0.6 is 0 Å². The molecule has 0 saturated carbocycles. The summed E-state index contributed by atoms with van der Waals surface area (Å²) in [5.41, 5.74) is 2.49. The first-order valence-corrected chi connectivity index (χ1v) is 7.33. The second-order valence-corrected chi connectivity index (χ2v) is 5.72. The normalized spacial score (nSPS) is 25.1. The minimum absolute atomic E-state index is 0.108. The van der Waals surface area contributed by atoms with E-state index in [9.17, 15) is 9.59 Å². The number of amides is 2. The van der Waals surface area contributed by atoms with Gasteiger partial charge in [0.25, 0.3) is 0 Å². The largest absolute Gasteiger partial charge is 0.497 e. The molecule has 1 aromatic carbocycles. The average Bonchev–Trinajstić information content (AvgIpc) is 2.74. The minimum atomic E-state index is -0.388. The fraction of sp³-hybridized carbons (Fsp3) is 0.500. The van der Waals surface area contributed by atoms with Crippen LogP contribution < -0.4 is 10.1 Å². The number of likely N-dealkylation sites (N-methyl/N-ethyl adjacent to an activating group) is 1. The maximum absolute atomic E-state index is 12.0. The van der Waals surface area contributed by atoms with Crippen LogP contribution in [0, 0.1) is 0 Å². The first-order valence-electron chi connectivity index (χ1n) is 7.33. The Balaban J connectivity index is 1.80. The molecule has 1 heterocycles. The molecule has 1 saturated heterocycles.